The van der Waals surface area contributed by atoms with Gasteiger partial charge in [0.15, 0.2) is 0 Å². The van der Waals surface area contributed by atoms with Crippen molar-refractivity contribution in [3.63, 3.8) is 0 Å². The highest BCUT2D eigenvalue weighted by Gasteiger charge is 2.18. The zero-order chi connectivity index (χ0) is 31.5. The normalized spacial score (nSPS) is 11.0. The molecule has 9 heteroatoms. The number of hydrogen-bond donors (Lipinski definition) is 2. The Morgan fingerprint density at radius 1 is 0.841 bits per heavy atom. The standard InChI is InChI=1S/C35H41FN6O2/c1-40(2)18-8-19-41(3)33-15-14-28(23-32(33)39-34(43)29-11-5-13-31(36)22-29)27-10-4-9-26(21-27)25-42(20-7-16-37)35(44)30-12-6-17-38-24-30/h4-6,9-15,17,21-24H,7-8,16,18-20,25,37H2,1-3H3,(H,39,43). The largest absolute Gasteiger partial charge is 0.373 e. The lowest BCUT2D eigenvalue weighted by molar-refractivity contribution is 0.0741. The van der Waals surface area contributed by atoms with Crippen molar-refractivity contribution < 1.29 is 14.0 Å². The number of nitrogens with one attached hydrogen (secondary N) is 1. The number of benzene rings is 3. The minimum Gasteiger partial charge on any atom is -0.373 e. The van der Waals surface area contributed by atoms with Gasteiger partial charge in [0.05, 0.1) is 16.9 Å². The number of carbonyl (C=O) groups is 2. The Morgan fingerprint density at radius 2 is 1.61 bits per heavy atom. The molecule has 4 rings (SSSR count). The van der Waals surface area contributed by atoms with Gasteiger partial charge in [0, 0.05) is 44.6 Å². The Kier molecular flexibility index (Phi) is 11.6. The van der Waals surface area contributed by atoms with Crippen molar-refractivity contribution in [2.24, 2.45) is 5.73 Å². The number of hydrogen-bond acceptors (Lipinski definition) is 6. The predicted molar refractivity (Wildman–Crippen MR) is 175 cm³/mol. The summed E-state index contributed by atoms with van der Waals surface area (Å²) in [5.41, 5.74) is 10.9. The van der Waals surface area contributed by atoms with Crippen molar-refractivity contribution in [2.75, 3.05) is 57.5 Å². The van der Waals surface area contributed by atoms with E-state index in [2.05, 4.69) is 26.2 Å². The molecule has 1 aromatic heterocycles. The lowest BCUT2D eigenvalue weighted by Gasteiger charge is -2.25. The van der Waals surface area contributed by atoms with Gasteiger partial charge >= 0.3 is 0 Å². The molecule has 0 fully saturated rings. The molecule has 44 heavy (non-hydrogen) atoms. The second-order valence-corrected chi connectivity index (χ2v) is 11.1. The van der Waals surface area contributed by atoms with Gasteiger partial charge in [-0.05, 0) is 105 Å². The first-order valence-corrected chi connectivity index (χ1v) is 14.8. The second-order valence-electron chi connectivity index (χ2n) is 11.1. The minimum atomic E-state index is -0.466. The van der Waals surface area contributed by atoms with Crippen LogP contribution in [0.15, 0.2) is 91.3 Å². The number of nitrogens with zero attached hydrogens (tertiary/aromatic N) is 4. The average Bonchev–Trinajstić information content (AvgIpc) is 3.03. The molecule has 4 aromatic rings. The topological polar surface area (TPSA) is 94.8 Å². The molecule has 0 aliphatic carbocycles. The van der Waals surface area contributed by atoms with E-state index >= 15 is 0 Å². The number of nitrogens with two attached hydrogens (primary N) is 1. The third-order valence-corrected chi connectivity index (χ3v) is 7.30. The van der Waals surface area contributed by atoms with Crippen molar-refractivity contribution in [3.8, 4) is 11.1 Å². The molecule has 0 saturated carbocycles. The summed E-state index contributed by atoms with van der Waals surface area (Å²) in [6.07, 6.45) is 4.85. The van der Waals surface area contributed by atoms with E-state index in [-0.39, 0.29) is 17.4 Å². The molecule has 0 radical (unpaired) electrons. The van der Waals surface area contributed by atoms with E-state index in [4.69, 9.17) is 5.73 Å². The maximum atomic E-state index is 13.9. The summed E-state index contributed by atoms with van der Waals surface area (Å²) in [6.45, 7) is 3.15. The Balaban J connectivity index is 1.62. The fraction of sp³-hybridized carbons (Fsp3) is 0.286. The van der Waals surface area contributed by atoms with E-state index in [0.29, 0.717) is 37.3 Å². The first-order chi connectivity index (χ1) is 21.2. The molecule has 1 heterocycles. The SMILES string of the molecule is CN(C)CCCN(C)c1ccc(-c2cccc(CN(CCCN)C(=O)c3cccnc3)c2)cc1NC(=O)c1cccc(F)c1. The number of anilines is 2. The molecule has 2 amide bonds. The average molecular weight is 597 g/mol. The van der Waals surface area contributed by atoms with Crippen molar-refractivity contribution in [3.05, 3.63) is 114 Å². The van der Waals surface area contributed by atoms with Crippen molar-refractivity contribution >= 4 is 23.2 Å². The van der Waals surface area contributed by atoms with Crippen LogP contribution in [-0.2, 0) is 6.54 Å². The summed E-state index contributed by atoms with van der Waals surface area (Å²) >= 11 is 0. The molecular weight excluding hydrogens is 555 g/mol. The third-order valence-electron chi connectivity index (χ3n) is 7.30. The molecule has 3 N–H and O–H groups in total. The summed E-state index contributed by atoms with van der Waals surface area (Å²) in [6, 6.07) is 23.2. The van der Waals surface area contributed by atoms with Crippen LogP contribution in [0.25, 0.3) is 11.1 Å². The maximum Gasteiger partial charge on any atom is 0.255 e. The third kappa shape index (κ3) is 8.95. The summed E-state index contributed by atoms with van der Waals surface area (Å²) in [5, 5.41) is 3.02. The van der Waals surface area contributed by atoms with Gasteiger partial charge in [-0.15, -0.1) is 0 Å². The molecule has 0 aliphatic heterocycles. The Morgan fingerprint density at radius 3 is 2.34 bits per heavy atom. The van der Waals surface area contributed by atoms with E-state index in [0.717, 1.165) is 41.9 Å². The van der Waals surface area contributed by atoms with Crippen LogP contribution in [0.1, 0.15) is 39.1 Å². The van der Waals surface area contributed by atoms with Gasteiger partial charge in [-0.1, -0.05) is 30.3 Å². The second kappa shape index (κ2) is 15.7. The van der Waals surface area contributed by atoms with Crippen LogP contribution in [-0.4, -0.2) is 73.9 Å². The lowest BCUT2D eigenvalue weighted by Crippen LogP contribution is -2.32. The molecule has 8 nitrogen and oxygen atoms in total. The Bertz CT molecular complexity index is 1550. The van der Waals surface area contributed by atoms with Crippen LogP contribution in [0.4, 0.5) is 15.8 Å². The predicted octanol–water partition coefficient (Wildman–Crippen LogP) is 5.52. The van der Waals surface area contributed by atoms with Crippen LogP contribution in [0, 0.1) is 5.82 Å². The summed E-state index contributed by atoms with van der Waals surface area (Å²) in [7, 11) is 6.08. The molecule has 0 unspecified atom stereocenters. The van der Waals surface area contributed by atoms with E-state index in [9.17, 15) is 14.0 Å². The summed E-state index contributed by atoms with van der Waals surface area (Å²) in [4.78, 5) is 36.6. The number of halogens is 1. The van der Waals surface area contributed by atoms with Crippen LogP contribution >= 0.6 is 0 Å². The number of carbonyl (C=O) groups excluding carboxylic acids is 2. The van der Waals surface area contributed by atoms with E-state index < -0.39 is 5.82 Å². The first kappa shape index (κ1) is 32.3. The van der Waals surface area contributed by atoms with Gasteiger partial charge in [-0.3, -0.25) is 14.6 Å². The van der Waals surface area contributed by atoms with Crippen LogP contribution < -0.4 is 16.0 Å². The van der Waals surface area contributed by atoms with Crippen molar-refractivity contribution in [1.82, 2.24) is 14.8 Å². The van der Waals surface area contributed by atoms with Gasteiger partial charge in [-0.2, -0.15) is 0 Å². The van der Waals surface area contributed by atoms with E-state index in [1.165, 1.54) is 18.2 Å². The fourth-order valence-corrected chi connectivity index (χ4v) is 4.99. The molecule has 0 bridgehead atoms. The van der Waals surface area contributed by atoms with Crippen molar-refractivity contribution in [1.29, 1.82) is 0 Å². The molecule has 0 atom stereocenters. The summed E-state index contributed by atoms with van der Waals surface area (Å²) in [5.74, 6) is -0.949. The van der Waals surface area contributed by atoms with Gasteiger partial charge < -0.3 is 25.8 Å². The first-order valence-electron chi connectivity index (χ1n) is 14.8. The fourth-order valence-electron chi connectivity index (χ4n) is 4.99. The van der Waals surface area contributed by atoms with Crippen LogP contribution in [0.5, 0.6) is 0 Å². The van der Waals surface area contributed by atoms with E-state index in [1.54, 1.807) is 35.5 Å². The minimum absolute atomic E-state index is 0.0963. The quantitative estimate of drug-likeness (QED) is 0.199. The number of amides is 2. The maximum absolute atomic E-state index is 13.9. The molecule has 0 saturated heterocycles. The molecule has 230 valence electrons. The lowest BCUT2D eigenvalue weighted by atomic mass is 10.0. The van der Waals surface area contributed by atoms with Gasteiger partial charge in [0.25, 0.3) is 11.8 Å². The Hall–Kier alpha value is -4.60. The van der Waals surface area contributed by atoms with Gasteiger partial charge in [0.1, 0.15) is 5.82 Å². The monoisotopic (exact) mass is 596 g/mol. The molecule has 3 aromatic carbocycles. The molecule has 0 aliphatic rings. The van der Waals surface area contributed by atoms with E-state index in [1.807, 2.05) is 57.5 Å². The Labute approximate surface area is 259 Å². The van der Waals surface area contributed by atoms with Crippen molar-refractivity contribution in [2.45, 2.75) is 19.4 Å². The van der Waals surface area contributed by atoms with Gasteiger partial charge in [-0.25, -0.2) is 4.39 Å². The zero-order valence-electron chi connectivity index (χ0n) is 25.7. The smallest absolute Gasteiger partial charge is 0.255 e. The highest BCUT2D eigenvalue weighted by Crippen LogP contribution is 2.32. The molecular formula is C35H41FN6O2. The molecule has 0 spiro atoms. The zero-order valence-corrected chi connectivity index (χ0v) is 25.7. The number of aromatic nitrogens is 1. The highest BCUT2D eigenvalue weighted by molar-refractivity contribution is 6.06. The van der Waals surface area contributed by atoms with Gasteiger partial charge in [0.2, 0.25) is 0 Å². The highest BCUT2D eigenvalue weighted by atomic mass is 19.1. The van der Waals surface area contributed by atoms with Crippen LogP contribution in [0.3, 0.4) is 0 Å². The number of rotatable bonds is 14. The summed E-state index contributed by atoms with van der Waals surface area (Å²) < 4.78 is 13.9. The number of pyridine rings is 1. The van der Waals surface area contributed by atoms with Crippen LogP contribution in [0.2, 0.25) is 0 Å².